The zero-order valence-corrected chi connectivity index (χ0v) is 36.7. The first kappa shape index (κ1) is 53.8. The van der Waals surface area contributed by atoms with E-state index in [9.17, 15) is 53.2 Å². The fourth-order valence-corrected chi connectivity index (χ4v) is 6.49. The number of rotatable bonds is 16. The zero-order valence-electron chi connectivity index (χ0n) is 36.7. The molecular formula is C41H62N14O10. The summed E-state index contributed by atoms with van der Waals surface area (Å²) in [6.45, 7) is 2.48. The van der Waals surface area contributed by atoms with E-state index >= 15 is 0 Å². The third-order valence-corrected chi connectivity index (χ3v) is 9.97. The van der Waals surface area contributed by atoms with Crippen LogP contribution in [0, 0.1) is 11.3 Å². The lowest BCUT2D eigenvalue weighted by Gasteiger charge is -2.27. The van der Waals surface area contributed by atoms with E-state index < -0.39 is 108 Å². The number of unbranched alkanes of at least 4 members (excludes halogenated alkanes) is 1. The maximum atomic E-state index is 14.1. The van der Waals surface area contributed by atoms with E-state index in [-0.39, 0.29) is 76.8 Å². The molecule has 6 atom stereocenters. The van der Waals surface area contributed by atoms with Crippen molar-refractivity contribution < 1.29 is 47.9 Å². The van der Waals surface area contributed by atoms with Gasteiger partial charge in [-0.15, -0.1) is 0 Å². The van der Waals surface area contributed by atoms with Gasteiger partial charge in [-0.25, -0.2) is 0 Å². The van der Waals surface area contributed by atoms with Gasteiger partial charge in [0.2, 0.25) is 59.1 Å². The predicted molar refractivity (Wildman–Crippen MR) is 234 cm³/mol. The summed E-state index contributed by atoms with van der Waals surface area (Å²) in [5.74, 6) is -8.15. The van der Waals surface area contributed by atoms with Crippen molar-refractivity contribution in [3.63, 3.8) is 0 Å². The number of guanidine groups is 1. The SMILES string of the molecule is CCCC[C@@H]1NC(=O)[C@@H](Cc2ccc(C#N)cc2)NC(=O)[C@H](CCC(N)=O)NC(=O)[C@@H](NC(=O)[C@H](CCCN=C(N)N)NC(C)=O)CCCNC(=O)CC[C@@H](C(N)=O)NC(=O)CNC1=O. The molecule has 1 saturated heterocycles. The first-order valence-corrected chi connectivity index (χ1v) is 21.3. The molecule has 10 amide bonds. The Balaban J connectivity index is 2.62. The average Bonchev–Trinajstić information content (AvgIpc) is 3.25. The Bertz CT molecular complexity index is 1930. The summed E-state index contributed by atoms with van der Waals surface area (Å²) in [4.78, 5) is 135. The van der Waals surface area contributed by atoms with Gasteiger partial charge in [0, 0.05) is 39.3 Å². The number of nitrogens with zero attached hydrogens (tertiary/aromatic N) is 2. The lowest BCUT2D eigenvalue weighted by molar-refractivity contribution is -0.135. The minimum Gasteiger partial charge on any atom is -0.370 e. The molecule has 0 radical (unpaired) electrons. The summed E-state index contributed by atoms with van der Waals surface area (Å²) < 4.78 is 0. The van der Waals surface area contributed by atoms with Crippen LogP contribution in [0.1, 0.15) is 95.6 Å². The third kappa shape index (κ3) is 21.1. The normalized spacial score (nSPS) is 21.2. The molecule has 16 N–H and O–H groups in total. The minimum atomic E-state index is -1.53. The number of nitrogens with one attached hydrogen (secondary N) is 8. The standard InChI is InChI=1S/C41H62N14O10/c1-3-4-7-27-36(61)49-22-34(59)51-26(35(44)60)15-17-33(58)47-18-5-9-29(53-37(62)28(50-23(2)56)8-6-19-48-41(45)46)38(63)54-30(14-16-32(43)57)39(64)55-31(40(65)52-27)20-24-10-12-25(21-42)13-11-24/h10-13,26-31H,3-9,14-20,22H2,1-2H3,(H2,43,57)(H2,44,60)(H,47,58)(H,49,61)(H,50,56)(H,51,59)(H,52,65)(H,53,62)(H,54,63)(H,55,64)(H4,45,46,48)/t26-,27-,28-,29-,30-,31+/m0/s1. The number of nitriles is 1. The summed E-state index contributed by atoms with van der Waals surface area (Å²) >= 11 is 0. The smallest absolute Gasteiger partial charge is 0.243 e. The highest BCUT2D eigenvalue weighted by atomic mass is 16.2. The molecular weight excluding hydrogens is 849 g/mol. The molecule has 0 aliphatic carbocycles. The molecule has 356 valence electrons. The molecule has 2 rings (SSSR count). The molecule has 1 fully saturated rings. The summed E-state index contributed by atoms with van der Waals surface area (Å²) in [5.41, 5.74) is 22.5. The van der Waals surface area contributed by atoms with Crippen molar-refractivity contribution in [2.24, 2.45) is 27.9 Å². The Morgan fingerprint density at radius 1 is 0.815 bits per heavy atom. The van der Waals surface area contributed by atoms with Crippen LogP contribution in [-0.2, 0) is 54.4 Å². The number of primary amides is 2. The summed E-state index contributed by atoms with van der Waals surface area (Å²) in [6, 6.07) is 0.0225. The van der Waals surface area contributed by atoms with Gasteiger partial charge >= 0.3 is 0 Å². The van der Waals surface area contributed by atoms with Crippen LogP contribution in [0.5, 0.6) is 0 Å². The van der Waals surface area contributed by atoms with Gasteiger partial charge < -0.3 is 65.5 Å². The third-order valence-electron chi connectivity index (χ3n) is 9.97. The molecule has 24 heteroatoms. The van der Waals surface area contributed by atoms with Gasteiger partial charge in [-0.05, 0) is 62.6 Å². The van der Waals surface area contributed by atoms with Crippen LogP contribution < -0.4 is 65.5 Å². The van der Waals surface area contributed by atoms with Crippen molar-refractivity contribution in [2.45, 2.75) is 127 Å². The Morgan fingerprint density at radius 2 is 1.46 bits per heavy atom. The average molecular weight is 911 g/mol. The van der Waals surface area contributed by atoms with E-state index in [4.69, 9.17) is 22.9 Å². The number of benzene rings is 1. The van der Waals surface area contributed by atoms with Crippen molar-refractivity contribution in [1.29, 1.82) is 5.26 Å². The number of amides is 10. The van der Waals surface area contributed by atoms with Crippen LogP contribution in [0.3, 0.4) is 0 Å². The number of aliphatic imine (C=N–C) groups is 1. The Labute approximate surface area is 376 Å². The van der Waals surface area contributed by atoms with Gasteiger partial charge in [-0.1, -0.05) is 31.9 Å². The molecule has 0 unspecified atom stereocenters. The number of carbonyl (C=O) groups is 10. The predicted octanol–water partition coefficient (Wildman–Crippen LogP) is -4.17. The summed E-state index contributed by atoms with van der Waals surface area (Å²) in [7, 11) is 0. The van der Waals surface area contributed by atoms with E-state index in [1.807, 2.05) is 13.0 Å². The Hall–Kier alpha value is -7.32. The van der Waals surface area contributed by atoms with E-state index in [2.05, 4.69) is 47.5 Å². The van der Waals surface area contributed by atoms with Crippen LogP contribution in [0.4, 0.5) is 0 Å². The molecule has 1 heterocycles. The largest absolute Gasteiger partial charge is 0.370 e. The van der Waals surface area contributed by atoms with Gasteiger partial charge in [0.05, 0.1) is 18.2 Å². The van der Waals surface area contributed by atoms with Gasteiger partial charge in [0.25, 0.3) is 0 Å². The van der Waals surface area contributed by atoms with E-state index in [0.29, 0.717) is 24.0 Å². The van der Waals surface area contributed by atoms with Crippen molar-refractivity contribution in [1.82, 2.24) is 42.5 Å². The highest BCUT2D eigenvalue weighted by molar-refractivity contribution is 5.97. The topological polar surface area (TPSA) is 407 Å². The molecule has 1 aliphatic heterocycles. The van der Waals surface area contributed by atoms with Gasteiger partial charge in [0.15, 0.2) is 5.96 Å². The maximum absolute atomic E-state index is 14.1. The van der Waals surface area contributed by atoms with Gasteiger partial charge in [-0.3, -0.25) is 52.9 Å². The Kier molecular flexibility index (Phi) is 23.5. The second kappa shape index (κ2) is 28.4. The van der Waals surface area contributed by atoms with E-state index in [1.165, 1.54) is 19.1 Å². The maximum Gasteiger partial charge on any atom is 0.243 e. The second-order valence-electron chi connectivity index (χ2n) is 15.4. The van der Waals surface area contributed by atoms with Crippen LogP contribution in [0.2, 0.25) is 0 Å². The molecule has 65 heavy (non-hydrogen) atoms. The lowest BCUT2D eigenvalue weighted by atomic mass is 10.0. The van der Waals surface area contributed by atoms with Gasteiger partial charge in [-0.2, -0.15) is 5.26 Å². The molecule has 1 aromatic carbocycles. The van der Waals surface area contributed by atoms with Crippen LogP contribution in [-0.4, -0.2) is 121 Å². The lowest BCUT2D eigenvalue weighted by Crippen LogP contribution is -2.59. The van der Waals surface area contributed by atoms with Crippen molar-refractivity contribution in [2.75, 3.05) is 19.6 Å². The monoisotopic (exact) mass is 910 g/mol. The summed E-state index contributed by atoms with van der Waals surface area (Å²) in [6.07, 6.45) is -0.0618. The highest BCUT2D eigenvalue weighted by Crippen LogP contribution is 2.11. The molecule has 24 nitrogen and oxygen atoms in total. The van der Waals surface area contributed by atoms with Crippen molar-refractivity contribution in [3.05, 3.63) is 35.4 Å². The zero-order chi connectivity index (χ0) is 48.5. The van der Waals surface area contributed by atoms with Crippen molar-refractivity contribution >= 4 is 65.0 Å². The van der Waals surface area contributed by atoms with Crippen LogP contribution in [0.25, 0.3) is 0 Å². The number of hydrogen-bond donors (Lipinski definition) is 12. The summed E-state index contributed by atoms with van der Waals surface area (Å²) in [5, 5.41) is 29.6. The fourth-order valence-electron chi connectivity index (χ4n) is 6.49. The quantitative estimate of drug-likeness (QED) is 0.0426. The minimum absolute atomic E-state index is 0.0483. The Morgan fingerprint density at radius 3 is 2.08 bits per heavy atom. The molecule has 0 bridgehead atoms. The molecule has 0 spiro atoms. The first-order valence-electron chi connectivity index (χ1n) is 21.3. The number of nitrogens with two attached hydrogens (primary N) is 4. The fraction of sp³-hybridized carbons (Fsp3) is 0.561. The molecule has 1 aromatic rings. The molecule has 1 aliphatic rings. The highest BCUT2D eigenvalue weighted by Gasteiger charge is 2.33. The second-order valence-corrected chi connectivity index (χ2v) is 15.4. The molecule has 0 saturated carbocycles. The molecule has 0 aromatic heterocycles. The van der Waals surface area contributed by atoms with Crippen LogP contribution in [0.15, 0.2) is 29.3 Å². The van der Waals surface area contributed by atoms with Crippen LogP contribution >= 0.6 is 0 Å². The van der Waals surface area contributed by atoms with Crippen molar-refractivity contribution in [3.8, 4) is 6.07 Å². The van der Waals surface area contributed by atoms with E-state index in [1.54, 1.807) is 12.1 Å². The number of hydrogen-bond acceptors (Lipinski definition) is 12. The first-order chi connectivity index (χ1) is 30.8. The van der Waals surface area contributed by atoms with E-state index in [0.717, 1.165) is 0 Å². The van der Waals surface area contributed by atoms with Gasteiger partial charge in [0.1, 0.15) is 36.3 Å². The number of carbonyl (C=O) groups excluding carboxylic acids is 10.